The van der Waals surface area contributed by atoms with Gasteiger partial charge in [-0.3, -0.25) is 14.6 Å². The Morgan fingerprint density at radius 2 is 2.00 bits per heavy atom. The average Bonchev–Trinajstić information content (AvgIpc) is 2.75. The molecule has 11 heteroatoms. The average molecular weight is 513 g/mol. The summed E-state index contributed by atoms with van der Waals surface area (Å²) < 4.78 is 56.2. The predicted molar refractivity (Wildman–Crippen MR) is 112 cm³/mol. The summed E-state index contributed by atoms with van der Waals surface area (Å²) in [5.41, 5.74) is -1.44. The first-order valence-corrected chi connectivity index (χ1v) is 10.1. The summed E-state index contributed by atoms with van der Waals surface area (Å²) in [6.45, 7) is 0.826. The maximum atomic E-state index is 14.6. The number of nitrogens with one attached hydrogen (secondary N) is 1. The van der Waals surface area contributed by atoms with E-state index < -0.39 is 41.5 Å². The first-order chi connectivity index (χ1) is 15.0. The predicted octanol–water partition coefficient (Wildman–Crippen LogP) is 4.39. The molecule has 3 aromatic rings. The van der Waals surface area contributed by atoms with E-state index in [1.54, 1.807) is 6.07 Å². The number of hydrogen-bond acceptors (Lipinski definition) is 4. The minimum atomic E-state index is -3.99. The van der Waals surface area contributed by atoms with E-state index >= 15 is 0 Å². The zero-order valence-electron chi connectivity index (χ0n) is 16.9. The number of pyridine rings is 1. The zero-order chi connectivity index (χ0) is 23.6. The van der Waals surface area contributed by atoms with Crippen molar-refractivity contribution >= 4 is 21.8 Å². The van der Waals surface area contributed by atoms with Crippen LogP contribution in [0.2, 0.25) is 0 Å². The Bertz CT molecular complexity index is 1230. The third-order valence-electron chi connectivity index (χ3n) is 4.66. The van der Waals surface area contributed by atoms with Gasteiger partial charge < -0.3 is 5.32 Å². The highest BCUT2D eigenvalue weighted by Crippen LogP contribution is 2.33. The van der Waals surface area contributed by atoms with Crippen molar-refractivity contribution in [1.82, 2.24) is 20.1 Å². The molecule has 0 saturated heterocycles. The number of carbonyl (C=O) groups excluding carboxylic acids is 1. The van der Waals surface area contributed by atoms with Crippen molar-refractivity contribution in [3.63, 3.8) is 0 Å². The highest BCUT2D eigenvalue weighted by Gasteiger charge is 2.36. The highest BCUT2D eigenvalue weighted by atomic mass is 79.9. The number of nitrogens with zero attached hydrogens (tertiary/aromatic N) is 3. The van der Waals surface area contributed by atoms with Crippen molar-refractivity contribution in [3.05, 3.63) is 85.8 Å². The standard InChI is InChI=1S/C21H17BrF4N4O2/c1-11-6-17(29-30(20(11)32)14-7-13(22)8-27-9-14)19(31)28-12(2)15-4-3-5-16(18(15)24)21(25,26)10-23/h3-9,12H,10H2,1-2H3,(H,28,31)/t12-/m1/s1. The largest absolute Gasteiger partial charge is 0.344 e. The Hall–Kier alpha value is -3.08. The van der Waals surface area contributed by atoms with Crippen LogP contribution in [0.15, 0.2) is 52.0 Å². The van der Waals surface area contributed by atoms with Crippen LogP contribution in [0, 0.1) is 12.7 Å². The van der Waals surface area contributed by atoms with Gasteiger partial charge in [0.25, 0.3) is 11.5 Å². The van der Waals surface area contributed by atoms with Crippen LogP contribution in [-0.2, 0) is 5.92 Å². The van der Waals surface area contributed by atoms with Gasteiger partial charge in [0.05, 0.1) is 23.5 Å². The van der Waals surface area contributed by atoms with E-state index in [2.05, 4.69) is 31.3 Å². The summed E-state index contributed by atoms with van der Waals surface area (Å²) >= 11 is 3.24. The molecule has 0 saturated carbocycles. The minimum absolute atomic E-state index is 0.153. The molecule has 0 radical (unpaired) electrons. The first kappa shape index (κ1) is 23.6. The second kappa shape index (κ2) is 9.19. The summed E-state index contributed by atoms with van der Waals surface area (Å²) in [7, 11) is 0. The molecule has 1 atom stereocenters. The van der Waals surface area contributed by atoms with Gasteiger partial charge in [-0.05, 0) is 48.0 Å². The molecule has 1 N–H and O–H groups in total. The number of benzene rings is 1. The van der Waals surface area contributed by atoms with Crippen molar-refractivity contribution < 1.29 is 22.4 Å². The number of aryl methyl sites for hydroxylation is 1. The Kier molecular flexibility index (Phi) is 6.77. The lowest BCUT2D eigenvalue weighted by molar-refractivity contribution is -0.0313. The van der Waals surface area contributed by atoms with Crippen LogP contribution in [-0.4, -0.2) is 27.3 Å². The third kappa shape index (κ3) is 4.72. The summed E-state index contributed by atoms with van der Waals surface area (Å²) in [6, 6.07) is 4.95. The summed E-state index contributed by atoms with van der Waals surface area (Å²) in [5, 5.41) is 6.52. The molecule has 2 heterocycles. The van der Waals surface area contributed by atoms with Gasteiger partial charge in [-0.15, -0.1) is 0 Å². The normalized spacial score (nSPS) is 12.5. The van der Waals surface area contributed by atoms with Crippen molar-refractivity contribution in [2.45, 2.75) is 25.8 Å². The lowest BCUT2D eigenvalue weighted by Crippen LogP contribution is -2.32. The molecule has 0 aliphatic carbocycles. The van der Waals surface area contributed by atoms with E-state index in [-0.39, 0.29) is 16.8 Å². The van der Waals surface area contributed by atoms with E-state index in [4.69, 9.17) is 0 Å². The van der Waals surface area contributed by atoms with Gasteiger partial charge in [-0.2, -0.15) is 18.6 Å². The van der Waals surface area contributed by atoms with Crippen LogP contribution in [0.25, 0.3) is 5.69 Å². The number of halogens is 5. The van der Waals surface area contributed by atoms with Crippen LogP contribution >= 0.6 is 15.9 Å². The van der Waals surface area contributed by atoms with Gasteiger partial charge in [-0.25, -0.2) is 8.78 Å². The van der Waals surface area contributed by atoms with E-state index in [9.17, 15) is 27.2 Å². The molecule has 0 unspecified atom stereocenters. The van der Waals surface area contributed by atoms with E-state index in [0.717, 1.165) is 16.8 Å². The molecule has 0 fully saturated rings. The third-order valence-corrected chi connectivity index (χ3v) is 5.10. The van der Waals surface area contributed by atoms with Crippen molar-refractivity contribution in [2.24, 2.45) is 0 Å². The maximum absolute atomic E-state index is 14.6. The lowest BCUT2D eigenvalue weighted by atomic mass is 10.0. The SMILES string of the molecule is Cc1cc(C(=O)N[C@H](C)c2cccc(C(F)(F)CF)c2F)nn(-c2cncc(Br)c2)c1=O. The Balaban J connectivity index is 1.93. The molecule has 1 aromatic carbocycles. The molecule has 1 amide bonds. The van der Waals surface area contributed by atoms with Gasteiger partial charge >= 0.3 is 5.92 Å². The quantitative estimate of drug-likeness (QED) is 0.497. The molecular weight excluding hydrogens is 496 g/mol. The number of carbonyl (C=O) groups is 1. The Morgan fingerprint density at radius 3 is 2.66 bits per heavy atom. The van der Waals surface area contributed by atoms with Gasteiger partial charge in [0, 0.05) is 21.8 Å². The summed E-state index contributed by atoms with van der Waals surface area (Å²) in [4.78, 5) is 29.2. The molecule has 0 aliphatic heterocycles. The van der Waals surface area contributed by atoms with Crippen LogP contribution < -0.4 is 10.9 Å². The molecule has 32 heavy (non-hydrogen) atoms. The molecule has 6 nitrogen and oxygen atoms in total. The maximum Gasteiger partial charge on any atom is 0.303 e. The van der Waals surface area contributed by atoms with E-state index in [1.807, 2.05) is 0 Å². The van der Waals surface area contributed by atoms with Crippen LogP contribution in [0.3, 0.4) is 0 Å². The number of amides is 1. The lowest BCUT2D eigenvalue weighted by Gasteiger charge is -2.19. The molecule has 0 aliphatic rings. The summed E-state index contributed by atoms with van der Waals surface area (Å²) in [6.07, 6.45) is 2.89. The topological polar surface area (TPSA) is 76.9 Å². The minimum Gasteiger partial charge on any atom is -0.344 e. The van der Waals surface area contributed by atoms with Crippen molar-refractivity contribution in [1.29, 1.82) is 0 Å². The van der Waals surface area contributed by atoms with Gasteiger partial charge in [0.2, 0.25) is 0 Å². The van der Waals surface area contributed by atoms with Gasteiger partial charge in [-0.1, -0.05) is 12.1 Å². The Labute approximate surface area is 188 Å². The van der Waals surface area contributed by atoms with Gasteiger partial charge in [0.1, 0.15) is 11.5 Å². The van der Waals surface area contributed by atoms with Gasteiger partial charge in [0.15, 0.2) is 6.67 Å². The molecule has 2 aromatic heterocycles. The van der Waals surface area contributed by atoms with E-state index in [1.165, 1.54) is 38.4 Å². The Morgan fingerprint density at radius 1 is 1.28 bits per heavy atom. The molecule has 0 spiro atoms. The first-order valence-electron chi connectivity index (χ1n) is 9.30. The van der Waals surface area contributed by atoms with Crippen LogP contribution in [0.1, 0.15) is 40.1 Å². The number of hydrogen-bond donors (Lipinski definition) is 1. The second-order valence-electron chi connectivity index (χ2n) is 7.03. The monoisotopic (exact) mass is 512 g/mol. The summed E-state index contributed by atoms with van der Waals surface area (Å²) in [5.74, 6) is -6.06. The van der Waals surface area contributed by atoms with Crippen LogP contribution in [0.5, 0.6) is 0 Å². The molecule has 0 bridgehead atoms. The smallest absolute Gasteiger partial charge is 0.303 e. The highest BCUT2D eigenvalue weighted by molar-refractivity contribution is 9.10. The fourth-order valence-corrected chi connectivity index (χ4v) is 3.36. The second-order valence-corrected chi connectivity index (χ2v) is 7.95. The number of alkyl halides is 3. The number of aromatic nitrogens is 3. The molecule has 168 valence electrons. The van der Waals surface area contributed by atoms with E-state index in [0.29, 0.717) is 10.2 Å². The fraction of sp³-hybridized carbons (Fsp3) is 0.238. The van der Waals surface area contributed by atoms with Crippen molar-refractivity contribution in [2.75, 3.05) is 6.67 Å². The fourth-order valence-electron chi connectivity index (χ4n) is 3.01. The zero-order valence-corrected chi connectivity index (χ0v) is 18.5. The van der Waals surface area contributed by atoms with Crippen LogP contribution in [0.4, 0.5) is 17.6 Å². The number of rotatable bonds is 6. The van der Waals surface area contributed by atoms with Crippen molar-refractivity contribution in [3.8, 4) is 5.69 Å². The molecular formula is C21H17BrF4N4O2. The molecule has 3 rings (SSSR count).